The van der Waals surface area contributed by atoms with E-state index < -0.39 is 0 Å². The summed E-state index contributed by atoms with van der Waals surface area (Å²) >= 11 is 16.2. The molecule has 0 saturated carbocycles. The van der Waals surface area contributed by atoms with Crippen molar-refractivity contribution in [2.24, 2.45) is 0 Å². The molecule has 0 fully saturated rings. The Balaban J connectivity index is 2.35. The van der Waals surface area contributed by atoms with Gasteiger partial charge in [0.2, 0.25) is 0 Å². The fourth-order valence-corrected chi connectivity index (χ4v) is 3.79. The van der Waals surface area contributed by atoms with Crippen molar-refractivity contribution >= 4 is 39.1 Å². The topological polar surface area (TPSA) is 17.8 Å². The quantitative estimate of drug-likeness (QED) is 0.601. The number of rotatable bonds is 6. The third-order valence-corrected chi connectivity index (χ3v) is 5.30. The van der Waals surface area contributed by atoms with Gasteiger partial charge >= 0.3 is 0 Å². The van der Waals surface area contributed by atoms with Crippen LogP contribution >= 0.6 is 39.1 Å². The van der Waals surface area contributed by atoms with E-state index in [2.05, 4.69) is 45.6 Å². The van der Waals surface area contributed by atoms with Gasteiger partial charge in [-0.25, -0.2) is 0 Å². The lowest BCUT2D eigenvalue weighted by molar-refractivity contribution is 0.592. The van der Waals surface area contributed by atoms with E-state index in [0.717, 1.165) is 40.1 Å². The molecular weight excluding hydrogens is 371 g/mol. The standard InChI is InChI=1S/C16H19BrCl2N2/c1-3-14-16(17)15(21(4-2)20-14)9-11(10-18)12-7-5-6-8-13(12)19/h5-8,11H,3-4,9-10H2,1-2H3. The Bertz CT molecular complexity index is 610. The predicted molar refractivity (Wildman–Crippen MR) is 93.6 cm³/mol. The first-order chi connectivity index (χ1) is 10.1. The van der Waals surface area contributed by atoms with Crippen LogP contribution in [0.15, 0.2) is 28.7 Å². The monoisotopic (exact) mass is 388 g/mol. The van der Waals surface area contributed by atoms with Crippen molar-refractivity contribution < 1.29 is 0 Å². The molecule has 2 rings (SSSR count). The van der Waals surface area contributed by atoms with Crippen LogP contribution in [-0.2, 0) is 19.4 Å². The molecule has 2 aromatic rings. The maximum Gasteiger partial charge on any atom is 0.0766 e. The van der Waals surface area contributed by atoms with Gasteiger partial charge in [-0.05, 0) is 47.3 Å². The Morgan fingerprint density at radius 1 is 1.29 bits per heavy atom. The number of nitrogens with zero attached hydrogens (tertiary/aromatic N) is 2. The van der Waals surface area contributed by atoms with Crippen LogP contribution in [0.4, 0.5) is 0 Å². The molecule has 114 valence electrons. The first-order valence-corrected chi connectivity index (χ1v) is 8.87. The smallest absolute Gasteiger partial charge is 0.0766 e. The molecule has 1 heterocycles. The van der Waals surface area contributed by atoms with Gasteiger partial charge in [0.1, 0.15) is 0 Å². The third kappa shape index (κ3) is 3.64. The van der Waals surface area contributed by atoms with Crippen molar-refractivity contribution in [2.75, 3.05) is 5.88 Å². The number of aromatic nitrogens is 2. The number of alkyl halides is 1. The molecule has 0 N–H and O–H groups in total. The summed E-state index contributed by atoms with van der Waals surface area (Å²) in [5, 5.41) is 5.42. The summed E-state index contributed by atoms with van der Waals surface area (Å²) in [7, 11) is 0. The number of benzene rings is 1. The predicted octanol–water partition coefficient (Wildman–Crippen LogP) is 5.45. The maximum absolute atomic E-state index is 6.32. The second kappa shape index (κ2) is 7.66. The van der Waals surface area contributed by atoms with E-state index in [0.29, 0.717) is 5.88 Å². The average Bonchev–Trinajstić information content (AvgIpc) is 2.81. The largest absolute Gasteiger partial charge is 0.268 e. The fourth-order valence-electron chi connectivity index (χ4n) is 2.50. The highest BCUT2D eigenvalue weighted by Crippen LogP contribution is 2.32. The highest BCUT2D eigenvalue weighted by molar-refractivity contribution is 9.10. The van der Waals surface area contributed by atoms with Crippen LogP contribution in [0.3, 0.4) is 0 Å². The summed E-state index contributed by atoms with van der Waals surface area (Å²) < 4.78 is 3.16. The number of aryl methyl sites for hydroxylation is 2. The Labute approximate surface area is 144 Å². The number of halogens is 3. The van der Waals surface area contributed by atoms with Crippen LogP contribution in [0.1, 0.15) is 36.7 Å². The lowest BCUT2D eigenvalue weighted by Crippen LogP contribution is -2.11. The molecular formula is C16H19BrCl2N2. The summed E-state index contributed by atoms with van der Waals surface area (Å²) in [5.41, 5.74) is 3.39. The van der Waals surface area contributed by atoms with Gasteiger partial charge in [-0.1, -0.05) is 36.7 Å². The second-order valence-electron chi connectivity index (χ2n) is 4.95. The van der Waals surface area contributed by atoms with Gasteiger partial charge in [0, 0.05) is 23.4 Å². The van der Waals surface area contributed by atoms with Gasteiger partial charge in [0.25, 0.3) is 0 Å². The van der Waals surface area contributed by atoms with Crippen molar-refractivity contribution in [1.29, 1.82) is 0 Å². The van der Waals surface area contributed by atoms with E-state index in [1.807, 2.05) is 18.2 Å². The van der Waals surface area contributed by atoms with E-state index >= 15 is 0 Å². The molecule has 0 aliphatic rings. The minimum atomic E-state index is 0.184. The second-order valence-corrected chi connectivity index (χ2v) is 6.46. The number of hydrogen-bond donors (Lipinski definition) is 0. The molecule has 1 unspecified atom stereocenters. The molecule has 0 aliphatic heterocycles. The molecule has 1 aromatic carbocycles. The molecule has 0 amide bonds. The molecule has 0 aliphatic carbocycles. The van der Waals surface area contributed by atoms with Crippen molar-refractivity contribution in [3.63, 3.8) is 0 Å². The van der Waals surface area contributed by atoms with Crippen molar-refractivity contribution in [3.05, 3.63) is 50.7 Å². The Hall–Kier alpha value is -0.510. The van der Waals surface area contributed by atoms with Crippen LogP contribution in [0, 0.1) is 0 Å². The van der Waals surface area contributed by atoms with Crippen molar-refractivity contribution in [3.8, 4) is 0 Å². The Kier molecular flexibility index (Phi) is 6.15. The van der Waals surface area contributed by atoms with Crippen LogP contribution in [0.25, 0.3) is 0 Å². The Morgan fingerprint density at radius 3 is 2.57 bits per heavy atom. The first kappa shape index (κ1) is 16.9. The van der Waals surface area contributed by atoms with E-state index in [1.54, 1.807) is 0 Å². The summed E-state index contributed by atoms with van der Waals surface area (Å²) in [6.07, 6.45) is 1.74. The van der Waals surface area contributed by atoms with Crippen LogP contribution in [0.5, 0.6) is 0 Å². The zero-order valence-corrected chi connectivity index (χ0v) is 15.3. The minimum absolute atomic E-state index is 0.184. The van der Waals surface area contributed by atoms with Gasteiger partial charge < -0.3 is 0 Å². The van der Waals surface area contributed by atoms with Crippen LogP contribution in [-0.4, -0.2) is 15.7 Å². The van der Waals surface area contributed by atoms with E-state index in [9.17, 15) is 0 Å². The SMILES string of the molecule is CCc1nn(CC)c(CC(CCl)c2ccccc2Cl)c1Br. The average molecular weight is 390 g/mol. The zero-order chi connectivity index (χ0) is 15.4. The molecule has 0 radical (unpaired) electrons. The zero-order valence-electron chi connectivity index (χ0n) is 12.2. The van der Waals surface area contributed by atoms with E-state index in [4.69, 9.17) is 23.2 Å². The van der Waals surface area contributed by atoms with Gasteiger partial charge in [0.05, 0.1) is 15.9 Å². The van der Waals surface area contributed by atoms with E-state index in [-0.39, 0.29) is 5.92 Å². The fraction of sp³-hybridized carbons (Fsp3) is 0.438. The molecule has 0 saturated heterocycles. The molecule has 1 atom stereocenters. The molecule has 0 bridgehead atoms. The molecule has 21 heavy (non-hydrogen) atoms. The molecule has 0 spiro atoms. The van der Waals surface area contributed by atoms with Crippen LogP contribution in [0.2, 0.25) is 5.02 Å². The number of hydrogen-bond acceptors (Lipinski definition) is 1. The lowest BCUT2D eigenvalue weighted by atomic mass is 9.95. The first-order valence-electron chi connectivity index (χ1n) is 7.16. The van der Waals surface area contributed by atoms with Crippen molar-refractivity contribution in [1.82, 2.24) is 9.78 Å². The van der Waals surface area contributed by atoms with Gasteiger partial charge in [-0.2, -0.15) is 5.10 Å². The molecule has 5 heteroatoms. The summed E-state index contributed by atoms with van der Waals surface area (Å²) in [6.45, 7) is 5.07. The highest BCUT2D eigenvalue weighted by Gasteiger charge is 2.20. The van der Waals surface area contributed by atoms with Crippen molar-refractivity contribution in [2.45, 2.75) is 39.2 Å². The Morgan fingerprint density at radius 2 is 2.00 bits per heavy atom. The van der Waals surface area contributed by atoms with Crippen LogP contribution < -0.4 is 0 Å². The summed E-state index contributed by atoms with van der Waals surface area (Å²) in [4.78, 5) is 0. The molecule has 1 aromatic heterocycles. The van der Waals surface area contributed by atoms with Gasteiger partial charge in [-0.3, -0.25) is 4.68 Å². The summed E-state index contributed by atoms with van der Waals surface area (Å²) in [6, 6.07) is 7.92. The van der Waals surface area contributed by atoms with Gasteiger partial charge in [-0.15, -0.1) is 11.6 Å². The normalized spacial score (nSPS) is 12.6. The highest BCUT2D eigenvalue weighted by atomic mass is 79.9. The maximum atomic E-state index is 6.32. The lowest BCUT2D eigenvalue weighted by Gasteiger charge is -2.17. The molecule has 2 nitrogen and oxygen atoms in total. The summed E-state index contributed by atoms with van der Waals surface area (Å²) in [5.74, 6) is 0.718. The third-order valence-electron chi connectivity index (χ3n) is 3.67. The van der Waals surface area contributed by atoms with E-state index in [1.165, 1.54) is 5.69 Å². The van der Waals surface area contributed by atoms with Gasteiger partial charge in [0.15, 0.2) is 0 Å². The minimum Gasteiger partial charge on any atom is -0.268 e.